The van der Waals surface area contributed by atoms with E-state index in [0.717, 1.165) is 12.2 Å². The molecule has 0 fully saturated rings. The summed E-state index contributed by atoms with van der Waals surface area (Å²) in [5.74, 6) is -0.0457. The zero-order valence-electron chi connectivity index (χ0n) is 9.57. The predicted octanol–water partition coefficient (Wildman–Crippen LogP) is 2.91. The molecule has 1 atom stereocenters. The largest absolute Gasteiger partial charge is 0.397 e. The van der Waals surface area contributed by atoms with Gasteiger partial charge in [0.2, 0.25) is 0 Å². The van der Waals surface area contributed by atoms with Crippen LogP contribution in [-0.4, -0.2) is 13.1 Å². The van der Waals surface area contributed by atoms with Gasteiger partial charge in [-0.1, -0.05) is 17.7 Å². The fourth-order valence-corrected chi connectivity index (χ4v) is 1.92. The Bertz CT molecular complexity index is 377. The molecule has 1 aromatic rings. The lowest BCUT2D eigenvalue weighted by molar-refractivity contribution is 0.687. The van der Waals surface area contributed by atoms with E-state index in [9.17, 15) is 0 Å². The molecule has 0 saturated heterocycles. The van der Waals surface area contributed by atoms with Crippen LogP contribution in [0.1, 0.15) is 13.8 Å². The zero-order valence-corrected chi connectivity index (χ0v) is 10.3. The summed E-state index contributed by atoms with van der Waals surface area (Å²) in [7, 11) is 0. The third-order valence-corrected chi connectivity index (χ3v) is 2.74. The summed E-state index contributed by atoms with van der Waals surface area (Å²) >= 11 is 6.13. The highest BCUT2D eigenvalue weighted by molar-refractivity contribution is 6.34. The van der Waals surface area contributed by atoms with Gasteiger partial charge >= 0.3 is 0 Å². The molecule has 3 nitrogen and oxygen atoms in total. The Hall–Kier alpha value is -1.40. The van der Waals surface area contributed by atoms with Gasteiger partial charge < -0.3 is 10.6 Å². The van der Waals surface area contributed by atoms with E-state index in [2.05, 4.69) is 6.07 Å². The first-order valence-electron chi connectivity index (χ1n) is 5.28. The van der Waals surface area contributed by atoms with Gasteiger partial charge in [0.15, 0.2) is 0 Å². The van der Waals surface area contributed by atoms with Gasteiger partial charge in [-0.15, -0.1) is 0 Å². The molecular formula is C12H16ClN3. The number of halogens is 1. The number of para-hydroxylation sites is 1. The Morgan fingerprint density at radius 3 is 2.75 bits per heavy atom. The Kier molecular flexibility index (Phi) is 4.45. The number of nitrogens with zero attached hydrogens (tertiary/aromatic N) is 2. The van der Waals surface area contributed by atoms with E-state index in [1.807, 2.05) is 36.9 Å². The Labute approximate surface area is 101 Å². The average Bonchev–Trinajstić information content (AvgIpc) is 2.27. The maximum Gasteiger partial charge on any atom is 0.0789 e. The minimum atomic E-state index is -0.0457. The average molecular weight is 238 g/mol. The molecule has 0 saturated carbocycles. The van der Waals surface area contributed by atoms with Crippen LogP contribution in [0, 0.1) is 17.2 Å². The first-order valence-corrected chi connectivity index (χ1v) is 5.66. The lowest BCUT2D eigenvalue weighted by atomic mass is 10.1. The van der Waals surface area contributed by atoms with Crippen LogP contribution in [0.2, 0.25) is 5.02 Å². The standard InChI is InChI=1S/C12H16ClN3/c1-3-16(8-9(2)7-14)12-10(13)5-4-6-11(12)15/h4-6,9H,3,8,15H2,1-2H3. The zero-order chi connectivity index (χ0) is 12.1. The second-order valence-corrected chi connectivity index (χ2v) is 4.15. The smallest absolute Gasteiger partial charge is 0.0789 e. The van der Waals surface area contributed by atoms with E-state index in [-0.39, 0.29) is 5.92 Å². The van der Waals surface area contributed by atoms with Crippen LogP contribution in [0.4, 0.5) is 11.4 Å². The molecule has 0 aromatic heterocycles. The molecule has 0 aliphatic rings. The second-order valence-electron chi connectivity index (χ2n) is 3.75. The topological polar surface area (TPSA) is 53.0 Å². The molecule has 1 rings (SSSR count). The van der Waals surface area contributed by atoms with Crippen molar-refractivity contribution in [3.8, 4) is 6.07 Å². The summed E-state index contributed by atoms with van der Waals surface area (Å²) < 4.78 is 0. The molecule has 16 heavy (non-hydrogen) atoms. The fourth-order valence-electron chi connectivity index (χ4n) is 1.62. The van der Waals surface area contributed by atoms with Gasteiger partial charge in [-0.25, -0.2) is 0 Å². The van der Waals surface area contributed by atoms with Crippen LogP contribution >= 0.6 is 11.6 Å². The maximum atomic E-state index is 8.82. The highest BCUT2D eigenvalue weighted by Crippen LogP contribution is 2.32. The van der Waals surface area contributed by atoms with Gasteiger partial charge in [-0.05, 0) is 26.0 Å². The normalized spacial score (nSPS) is 11.9. The van der Waals surface area contributed by atoms with Crippen LogP contribution in [0.25, 0.3) is 0 Å². The monoisotopic (exact) mass is 237 g/mol. The van der Waals surface area contributed by atoms with Crippen molar-refractivity contribution in [2.75, 3.05) is 23.7 Å². The van der Waals surface area contributed by atoms with Crippen molar-refractivity contribution >= 4 is 23.0 Å². The first kappa shape index (κ1) is 12.7. The summed E-state index contributed by atoms with van der Waals surface area (Å²) in [6.07, 6.45) is 0. The first-order chi connectivity index (χ1) is 7.60. The molecule has 0 amide bonds. The predicted molar refractivity (Wildman–Crippen MR) is 68.5 cm³/mol. The number of anilines is 2. The van der Waals surface area contributed by atoms with Crippen molar-refractivity contribution < 1.29 is 0 Å². The number of nitrogens with two attached hydrogens (primary N) is 1. The van der Waals surface area contributed by atoms with Crippen LogP contribution in [0.3, 0.4) is 0 Å². The molecule has 0 bridgehead atoms. The quantitative estimate of drug-likeness (QED) is 0.820. The van der Waals surface area contributed by atoms with Crippen molar-refractivity contribution in [1.29, 1.82) is 5.26 Å². The van der Waals surface area contributed by atoms with E-state index in [1.54, 1.807) is 0 Å². The summed E-state index contributed by atoms with van der Waals surface area (Å²) in [6.45, 7) is 5.32. The molecule has 2 N–H and O–H groups in total. The molecule has 1 aromatic carbocycles. The molecule has 0 spiro atoms. The van der Waals surface area contributed by atoms with E-state index in [4.69, 9.17) is 22.6 Å². The highest BCUT2D eigenvalue weighted by Gasteiger charge is 2.14. The Morgan fingerprint density at radius 2 is 2.25 bits per heavy atom. The third-order valence-electron chi connectivity index (χ3n) is 2.43. The minimum absolute atomic E-state index is 0.0457. The summed E-state index contributed by atoms with van der Waals surface area (Å²) in [4.78, 5) is 2.03. The van der Waals surface area contributed by atoms with E-state index in [1.165, 1.54) is 0 Å². The van der Waals surface area contributed by atoms with Crippen LogP contribution in [0.15, 0.2) is 18.2 Å². The maximum absolute atomic E-state index is 8.82. The van der Waals surface area contributed by atoms with Gasteiger partial charge in [0.25, 0.3) is 0 Å². The Morgan fingerprint density at radius 1 is 1.56 bits per heavy atom. The van der Waals surface area contributed by atoms with E-state index >= 15 is 0 Å². The van der Waals surface area contributed by atoms with Crippen molar-refractivity contribution in [3.05, 3.63) is 23.2 Å². The van der Waals surface area contributed by atoms with Crippen molar-refractivity contribution in [1.82, 2.24) is 0 Å². The van der Waals surface area contributed by atoms with Gasteiger partial charge in [0.1, 0.15) is 0 Å². The number of hydrogen-bond donors (Lipinski definition) is 1. The number of nitriles is 1. The summed E-state index contributed by atoms with van der Waals surface area (Å²) in [5, 5.41) is 9.46. The lowest BCUT2D eigenvalue weighted by Gasteiger charge is -2.26. The minimum Gasteiger partial charge on any atom is -0.397 e. The molecule has 0 aliphatic heterocycles. The van der Waals surface area contributed by atoms with Crippen molar-refractivity contribution in [2.45, 2.75) is 13.8 Å². The molecule has 0 heterocycles. The van der Waals surface area contributed by atoms with Gasteiger partial charge in [0.05, 0.1) is 28.4 Å². The molecular weight excluding hydrogens is 222 g/mol. The molecule has 86 valence electrons. The molecule has 4 heteroatoms. The van der Waals surface area contributed by atoms with Gasteiger partial charge in [0, 0.05) is 13.1 Å². The number of benzene rings is 1. The Balaban J connectivity index is 3.00. The number of hydrogen-bond acceptors (Lipinski definition) is 3. The molecule has 0 radical (unpaired) electrons. The van der Waals surface area contributed by atoms with Gasteiger partial charge in [-0.3, -0.25) is 0 Å². The summed E-state index contributed by atoms with van der Waals surface area (Å²) in [5.41, 5.74) is 7.39. The van der Waals surface area contributed by atoms with Crippen LogP contribution < -0.4 is 10.6 Å². The van der Waals surface area contributed by atoms with Gasteiger partial charge in [-0.2, -0.15) is 5.26 Å². The second kappa shape index (κ2) is 5.62. The molecule has 0 aliphatic carbocycles. The number of nitrogen functional groups attached to an aromatic ring is 1. The molecule has 1 unspecified atom stereocenters. The SMILES string of the molecule is CCN(CC(C)C#N)c1c(N)cccc1Cl. The fraction of sp³-hybridized carbons (Fsp3) is 0.417. The van der Waals surface area contributed by atoms with Crippen molar-refractivity contribution in [3.63, 3.8) is 0 Å². The van der Waals surface area contributed by atoms with E-state index in [0.29, 0.717) is 17.3 Å². The highest BCUT2D eigenvalue weighted by atomic mass is 35.5. The van der Waals surface area contributed by atoms with Crippen molar-refractivity contribution in [2.24, 2.45) is 5.92 Å². The van der Waals surface area contributed by atoms with E-state index < -0.39 is 0 Å². The van der Waals surface area contributed by atoms with Crippen LogP contribution in [0.5, 0.6) is 0 Å². The lowest BCUT2D eigenvalue weighted by Crippen LogP contribution is -2.28. The summed E-state index contributed by atoms with van der Waals surface area (Å²) in [6, 6.07) is 7.67. The third kappa shape index (κ3) is 2.80. The van der Waals surface area contributed by atoms with Crippen LogP contribution in [-0.2, 0) is 0 Å². The number of rotatable bonds is 4.